The maximum absolute atomic E-state index is 12.5. The molecule has 0 aromatic heterocycles. The molecule has 0 fully saturated rings. The van der Waals surface area contributed by atoms with Crippen molar-refractivity contribution in [2.45, 2.75) is 24.7 Å². The van der Waals surface area contributed by atoms with Gasteiger partial charge in [-0.05, 0) is 79.2 Å². The molecule has 2 N–H and O–H groups in total. The van der Waals surface area contributed by atoms with E-state index in [0.29, 0.717) is 29.3 Å². The SMILES string of the molecule is CCCCOC(=O)c1ccc(NC(=O)COc2ccc(S(=O)(=O)Nc3ccc(Br)cc3)cc2)cc1. The van der Waals surface area contributed by atoms with Crippen LogP contribution in [0.15, 0.2) is 82.2 Å². The van der Waals surface area contributed by atoms with E-state index >= 15 is 0 Å². The van der Waals surface area contributed by atoms with Crippen molar-refractivity contribution in [1.29, 1.82) is 0 Å². The molecule has 0 unspecified atom stereocenters. The zero-order valence-corrected chi connectivity index (χ0v) is 21.4. The number of halogens is 1. The number of benzene rings is 3. The highest BCUT2D eigenvalue weighted by Crippen LogP contribution is 2.21. The summed E-state index contributed by atoms with van der Waals surface area (Å²) in [6.45, 7) is 2.11. The van der Waals surface area contributed by atoms with Crippen LogP contribution in [0.1, 0.15) is 30.1 Å². The highest BCUT2D eigenvalue weighted by Gasteiger charge is 2.14. The van der Waals surface area contributed by atoms with Crippen LogP contribution in [0.4, 0.5) is 11.4 Å². The van der Waals surface area contributed by atoms with Crippen LogP contribution in [0.2, 0.25) is 0 Å². The first-order valence-electron chi connectivity index (χ1n) is 10.8. The highest BCUT2D eigenvalue weighted by atomic mass is 79.9. The summed E-state index contributed by atoms with van der Waals surface area (Å²) >= 11 is 3.30. The predicted molar refractivity (Wildman–Crippen MR) is 137 cm³/mol. The van der Waals surface area contributed by atoms with E-state index < -0.39 is 21.9 Å². The number of carbonyl (C=O) groups excluding carboxylic acids is 2. The van der Waals surface area contributed by atoms with Gasteiger partial charge in [0.25, 0.3) is 15.9 Å². The van der Waals surface area contributed by atoms with Gasteiger partial charge in [-0.15, -0.1) is 0 Å². The van der Waals surface area contributed by atoms with Crippen molar-refractivity contribution < 1.29 is 27.5 Å². The second-order valence-electron chi connectivity index (χ2n) is 7.49. The third kappa shape index (κ3) is 8.11. The number of amides is 1. The van der Waals surface area contributed by atoms with Gasteiger partial charge >= 0.3 is 5.97 Å². The third-order valence-corrected chi connectivity index (χ3v) is 6.66. The van der Waals surface area contributed by atoms with Crippen molar-refractivity contribution in [2.75, 3.05) is 23.3 Å². The number of carbonyl (C=O) groups is 2. The van der Waals surface area contributed by atoms with E-state index in [0.717, 1.165) is 17.3 Å². The number of esters is 1. The minimum Gasteiger partial charge on any atom is -0.484 e. The fourth-order valence-electron chi connectivity index (χ4n) is 2.88. The van der Waals surface area contributed by atoms with Gasteiger partial charge in [0.15, 0.2) is 6.61 Å². The molecule has 0 atom stereocenters. The average Bonchev–Trinajstić information content (AvgIpc) is 2.85. The van der Waals surface area contributed by atoms with Crippen molar-refractivity contribution in [3.63, 3.8) is 0 Å². The van der Waals surface area contributed by atoms with Gasteiger partial charge in [0, 0.05) is 15.8 Å². The van der Waals surface area contributed by atoms with Gasteiger partial charge in [-0.2, -0.15) is 0 Å². The molecule has 0 saturated heterocycles. The normalized spacial score (nSPS) is 10.9. The highest BCUT2D eigenvalue weighted by molar-refractivity contribution is 9.10. The number of hydrogen-bond donors (Lipinski definition) is 2. The largest absolute Gasteiger partial charge is 0.484 e. The van der Waals surface area contributed by atoms with Crippen molar-refractivity contribution in [1.82, 2.24) is 0 Å². The van der Waals surface area contributed by atoms with Gasteiger partial charge in [-0.3, -0.25) is 9.52 Å². The molecular weight excluding hydrogens is 536 g/mol. The van der Waals surface area contributed by atoms with E-state index in [1.54, 1.807) is 48.5 Å². The molecule has 0 spiro atoms. The molecule has 35 heavy (non-hydrogen) atoms. The third-order valence-electron chi connectivity index (χ3n) is 4.74. The number of ether oxygens (including phenoxy) is 2. The van der Waals surface area contributed by atoms with E-state index in [9.17, 15) is 18.0 Å². The summed E-state index contributed by atoms with van der Waals surface area (Å²) in [5.41, 5.74) is 1.34. The topological polar surface area (TPSA) is 111 Å². The Morgan fingerprint density at radius 3 is 2.14 bits per heavy atom. The Bertz CT molecular complexity index is 1240. The van der Waals surface area contributed by atoms with Gasteiger partial charge in [0.2, 0.25) is 0 Å². The van der Waals surface area contributed by atoms with E-state index in [1.165, 1.54) is 24.3 Å². The minimum absolute atomic E-state index is 0.0607. The van der Waals surface area contributed by atoms with Crippen LogP contribution in [0.5, 0.6) is 5.75 Å². The lowest BCUT2D eigenvalue weighted by atomic mass is 10.2. The monoisotopic (exact) mass is 560 g/mol. The van der Waals surface area contributed by atoms with Crippen LogP contribution in [-0.2, 0) is 19.6 Å². The molecule has 10 heteroatoms. The van der Waals surface area contributed by atoms with Crippen molar-refractivity contribution >= 4 is 49.2 Å². The summed E-state index contributed by atoms with van der Waals surface area (Å²) in [4.78, 5) is 24.2. The zero-order valence-electron chi connectivity index (χ0n) is 19.0. The first-order chi connectivity index (χ1) is 16.8. The Balaban J connectivity index is 1.49. The number of nitrogens with one attached hydrogen (secondary N) is 2. The Morgan fingerprint density at radius 2 is 1.51 bits per heavy atom. The minimum atomic E-state index is -3.76. The molecule has 0 saturated carbocycles. The summed E-state index contributed by atoms with van der Waals surface area (Å²) in [5, 5.41) is 2.67. The number of hydrogen-bond acceptors (Lipinski definition) is 6. The fraction of sp³-hybridized carbons (Fsp3) is 0.200. The summed E-state index contributed by atoms with van der Waals surface area (Å²) < 4.78 is 39.0. The second kappa shape index (κ2) is 12.4. The van der Waals surface area contributed by atoms with Gasteiger partial charge in [-0.25, -0.2) is 13.2 Å². The van der Waals surface area contributed by atoms with Crippen LogP contribution < -0.4 is 14.8 Å². The Morgan fingerprint density at radius 1 is 0.886 bits per heavy atom. The number of unbranched alkanes of at least 4 members (excludes halogenated alkanes) is 1. The molecule has 3 rings (SSSR count). The number of anilines is 2. The Labute approximate surface area is 212 Å². The standard InChI is InChI=1S/C25H25BrN2O6S/c1-2-3-16-33-25(30)18-4-8-20(9-5-18)27-24(29)17-34-22-12-14-23(15-13-22)35(31,32)28-21-10-6-19(26)7-11-21/h4-15,28H,2-3,16-17H2,1H3,(H,27,29). The van der Waals surface area contributed by atoms with Crippen LogP contribution in [-0.4, -0.2) is 33.5 Å². The lowest BCUT2D eigenvalue weighted by Gasteiger charge is -2.10. The molecule has 8 nitrogen and oxygen atoms in total. The molecular formula is C25H25BrN2O6S. The van der Waals surface area contributed by atoms with E-state index in [-0.39, 0.29) is 11.5 Å². The number of sulfonamides is 1. The number of rotatable bonds is 11. The lowest BCUT2D eigenvalue weighted by Crippen LogP contribution is -2.20. The van der Waals surface area contributed by atoms with Crippen molar-refractivity contribution in [3.05, 3.63) is 82.8 Å². The molecule has 0 radical (unpaired) electrons. The van der Waals surface area contributed by atoms with Crippen molar-refractivity contribution in [3.8, 4) is 5.75 Å². The molecule has 0 aliphatic carbocycles. The fourth-order valence-corrected chi connectivity index (χ4v) is 4.20. The maximum atomic E-state index is 12.5. The van der Waals surface area contributed by atoms with Crippen LogP contribution in [0, 0.1) is 0 Å². The predicted octanol–water partition coefficient (Wildman–Crippen LogP) is 5.22. The first kappa shape index (κ1) is 26.2. The molecule has 1 amide bonds. The van der Waals surface area contributed by atoms with Crippen LogP contribution in [0.3, 0.4) is 0 Å². The summed E-state index contributed by atoms with van der Waals surface area (Å²) in [5.74, 6) is -0.470. The van der Waals surface area contributed by atoms with Gasteiger partial charge in [0.1, 0.15) is 5.75 Å². The molecule has 184 valence electrons. The molecule has 0 aliphatic heterocycles. The van der Waals surface area contributed by atoms with Gasteiger partial charge in [-0.1, -0.05) is 29.3 Å². The second-order valence-corrected chi connectivity index (χ2v) is 10.1. The Kier molecular flexibility index (Phi) is 9.27. The van der Waals surface area contributed by atoms with Crippen LogP contribution >= 0.6 is 15.9 Å². The summed E-state index contributed by atoms with van der Waals surface area (Å²) in [6, 6.07) is 18.9. The average molecular weight is 561 g/mol. The van der Waals surface area contributed by atoms with E-state index in [1.807, 2.05) is 6.92 Å². The lowest BCUT2D eigenvalue weighted by molar-refractivity contribution is -0.118. The van der Waals surface area contributed by atoms with Crippen molar-refractivity contribution in [2.24, 2.45) is 0 Å². The van der Waals surface area contributed by atoms with Crippen LogP contribution in [0.25, 0.3) is 0 Å². The Hall–Kier alpha value is -3.37. The van der Waals surface area contributed by atoms with E-state index in [4.69, 9.17) is 9.47 Å². The zero-order chi connectivity index (χ0) is 25.3. The summed E-state index contributed by atoms with van der Waals surface area (Å²) in [6.07, 6.45) is 1.74. The van der Waals surface area contributed by atoms with Gasteiger partial charge in [0.05, 0.1) is 17.1 Å². The quantitative estimate of drug-likeness (QED) is 0.245. The molecule has 0 heterocycles. The van der Waals surface area contributed by atoms with E-state index in [2.05, 4.69) is 26.0 Å². The first-order valence-corrected chi connectivity index (χ1v) is 13.1. The summed E-state index contributed by atoms with van der Waals surface area (Å²) in [7, 11) is -3.76. The van der Waals surface area contributed by atoms with Gasteiger partial charge < -0.3 is 14.8 Å². The molecule has 3 aromatic carbocycles. The maximum Gasteiger partial charge on any atom is 0.338 e. The molecule has 3 aromatic rings. The smallest absolute Gasteiger partial charge is 0.338 e. The molecule has 0 aliphatic rings. The molecule has 0 bridgehead atoms.